The van der Waals surface area contributed by atoms with Gasteiger partial charge in [0.25, 0.3) is 0 Å². The van der Waals surface area contributed by atoms with Crippen molar-refractivity contribution in [2.75, 3.05) is 0 Å². The molecule has 0 saturated heterocycles. The lowest BCUT2D eigenvalue weighted by molar-refractivity contribution is 0.00619. The quantitative estimate of drug-likeness (QED) is 0.776. The largest absolute Gasteiger partial charge is 0.390 e. The van der Waals surface area contributed by atoms with Gasteiger partial charge in [0.05, 0.1) is 12.2 Å². The summed E-state index contributed by atoms with van der Waals surface area (Å²) in [6.07, 6.45) is 2.57. The fourth-order valence-corrected chi connectivity index (χ4v) is 1.80. The van der Waals surface area contributed by atoms with Crippen LogP contribution in [0.5, 0.6) is 0 Å². The van der Waals surface area contributed by atoms with E-state index < -0.39 is 12.2 Å². The number of aliphatic hydroxyl groups is 2. The van der Waals surface area contributed by atoms with Crippen molar-refractivity contribution in [1.82, 2.24) is 4.98 Å². The normalized spacial score (nSPS) is 16.8. The first-order chi connectivity index (χ1) is 7.65. The SMILES string of the molecule is CCCC(O)C(O)CC(C)c1ccccn1. The Labute approximate surface area is 97.2 Å². The minimum Gasteiger partial charge on any atom is -0.390 e. The van der Waals surface area contributed by atoms with Crippen molar-refractivity contribution >= 4 is 0 Å². The predicted octanol–water partition coefficient (Wildman–Crippen LogP) is 2.10. The third-order valence-corrected chi connectivity index (χ3v) is 2.82. The topological polar surface area (TPSA) is 53.4 Å². The molecule has 16 heavy (non-hydrogen) atoms. The van der Waals surface area contributed by atoms with Gasteiger partial charge in [0.15, 0.2) is 0 Å². The van der Waals surface area contributed by atoms with Crippen LogP contribution in [0, 0.1) is 0 Å². The summed E-state index contributed by atoms with van der Waals surface area (Å²) in [6, 6.07) is 5.76. The first-order valence-corrected chi connectivity index (χ1v) is 5.92. The van der Waals surface area contributed by atoms with Crippen molar-refractivity contribution in [2.45, 2.75) is 51.2 Å². The number of hydrogen-bond donors (Lipinski definition) is 2. The molecule has 1 heterocycles. The number of aliphatic hydroxyl groups excluding tert-OH is 2. The van der Waals surface area contributed by atoms with E-state index in [0.717, 1.165) is 12.1 Å². The van der Waals surface area contributed by atoms with Crippen LogP contribution in [0.2, 0.25) is 0 Å². The molecule has 3 unspecified atom stereocenters. The highest BCUT2D eigenvalue weighted by atomic mass is 16.3. The monoisotopic (exact) mass is 223 g/mol. The van der Waals surface area contributed by atoms with Crippen molar-refractivity contribution in [3.05, 3.63) is 30.1 Å². The Balaban J connectivity index is 2.48. The van der Waals surface area contributed by atoms with E-state index in [1.54, 1.807) is 6.20 Å². The van der Waals surface area contributed by atoms with Gasteiger partial charge in [-0.2, -0.15) is 0 Å². The average Bonchev–Trinajstić information content (AvgIpc) is 2.30. The maximum atomic E-state index is 9.80. The second-order valence-electron chi connectivity index (χ2n) is 4.31. The summed E-state index contributed by atoms with van der Waals surface area (Å²) in [5.74, 6) is 0.169. The maximum Gasteiger partial charge on any atom is 0.0805 e. The predicted molar refractivity (Wildman–Crippen MR) is 64.2 cm³/mol. The Morgan fingerprint density at radius 3 is 2.56 bits per heavy atom. The number of hydrogen-bond acceptors (Lipinski definition) is 3. The van der Waals surface area contributed by atoms with Gasteiger partial charge in [-0.25, -0.2) is 0 Å². The molecule has 90 valence electrons. The highest BCUT2D eigenvalue weighted by Gasteiger charge is 2.19. The lowest BCUT2D eigenvalue weighted by Crippen LogP contribution is -2.27. The Bertz CT molecular complexity index is 289. The van der Waals surface area contributed by atoms with Crippen molar-refractivity contribution in [2.24, 2.45) is 0 Å². The molecule has 3 atom stereocenters. The number of aromatic nitrogens is 1. The molecule has 0 fully saturated rings. The Morgan fingerprint density at radius 2 is 2.00 bits per heavy atom. The minimum atomic E-state index is -0.656. The Hall–Kier alpha value is -0.930. The second kappa shape index (κ2) is 6.61. The number of nitrogens with zero attached hydrogens (tertiary/aromatic N) is 1. The zero-order valence-electron chi connectivity index (χ0n) is 10.0. The van der Waals surface area contributed by atoms with Crippen LogP contribution in [0.25, 0.3) is 0 Å². The smallest absolute Gasteiger partial charge is 0.0805 e. The van der Waals surface area contributed by atoms with E-state index in [-0.39, 0.29) is 5.92 Å². The molecule has 1 aromatic rings. The first kappa shape index (κ1) is 13.1. The maximum absolute atomic E-state index is 9.80. The van der Waals surface area contributed by atoms with Gasteiger partial charge in [-0.15, -0.1) is 0 Å². The fourth-order valence-electron chi connectivity index (χ4n) is 1.80. The third kappa shape index (κ3) is 3.91. The fraction of sp³-hybridized carbons (Fsp3) is 0.615. The van der Waals surface area contributed by atoms with Gasteiger partial charge in [0.2, 0.25) is 0 Å². The van der Waals surface area contributed by atoms with Crippen molar-refractivity contribution in [3.63, 3.8) is 0 Å². The zero-order chi connectivity index (χ0) is 12.0. The minimum absolute atomic E-state index is 0.169. The molecular weight excluding hydrogens is 202 g/mol. The van der Waals surface area contributed by atoms with Crippen LogP contribution in [0.15, 0.2) is 24.4 Å². The molecule has 3 heteroatoms. The lowest BCUT2D eigenvalue weighted by atomic mass is 9.95. The summed E-state index contributed by atoms with van der Waals surface area (Å²) in [6.45, 7) is 4.02. The first-order valence-electron chi connectivity index (χ1n) is 5.92. The summed E-state index contributed by atoms with van der Waals surface area (Å²) >= 11 is 0. The van der Waals surface area contributed by atoms with Crippen LogP contribution >= 0.6 is 0 Å². The van der Waals surface area contributed by atoms with Gasteiger partial charge in [0, 0.05) is 17.8 Å². The molecule has 0 saturated carbocycles. The molecule has 1 rings (SSSR count). The van der Waals surface area contributed by atoms with Gasteiger partial charge in [-0.1, -0.05) is 26.3 Å². The van der Waals surface area contributed by atoms with Crippen LogP contribution in [0.4, 0.5) is 0 Å². The van der Waals surface area contributed by atoms with Gasteiger partial charge >= 0.3 is 0 Å². The second-order valence-corrected chi connectivity index (χ2v) is 4.31. The van der Waals surface area contributed by atoms with E-state index in [0.29, 0.717) is 12.8 Å². The van der Waals surface area contributed by atoms with E-state index in [1.165, 1.54) is 0 Å². The molecule has 0 spiro atoms. The van der Waals surface area contributed by atoms with Crippen LogP contribution in [0.1, 0.15) is 44.7 Å². The summed E-state index contributed by atoms with van der Waals surface area (Å²) in [7, 11) is 0. The highest BCUT2D eigenvalue weighted by molar-refractivity contribution is 5.08. The average molecular weight is 223 g/mol. The van der Waals surface area contributed by atoms with Gasteiger partial charge < -0.3 is 10.2 Å². The molecule has 3 nitrogen and oxygen atoms in total. The highest BCUT2D eigenvalue weighted by Crippen LogP contribution is 2.20. The molecule has 0 aliphatic rings. The Morgan fingerprint density at radius 1 is 1.25 bits per heavy atom. The van der Waals surface area contributed by atoms with Gasteiger partial charge in [-0.05, 0) is 25.0 Å². The molecule has 0 radical (unpaired) electrons. The molecule has 2 N–H and O–H groups in total. The van der Waals surface area contributed by atoms with E-state index in [9.17, 15) is 10.2 Å². The summed E-state index contributed by atoms with van der Waals surface area (Å²) < 4.78 is 0. The van der Waals surface area contributed by atoms with E-state index in [2.05, 4.69) is 4.98 Å². The molecule has 0 aliphatic heterocycles. The molecule has 1 aromatic heterocycles. The van der Waals surface area contributed by atoms with Crippen LogP contribution in [-0.4, -0.2) is 27.4 Å². The van der Waals surface area contributed by atoms with Crippen LogP contribution in [0.3, 0.4) is 0 Å². The summed E-state index contributed by atoms with van der Waals surface area (Å²) in [5, 5.41) is 19.4. The summed E-state index contributed by atoms with van der Waals surface area (Å²) in [5.41, 5.74) is 0.963. The van der Waals surface area contributed by atoms with Crippen LogP contribution in [-0.2, 0) is 0 Å². The molecule has 0 aliphatic carbocycles. The van der Waals surface area contributed by atoms with E-state index in [1.807, 2.05) is 32.0 Å². The molecular formula is C13H21NO2. The zero-order valence-corrected chi connectivity index (χ0v) is 10.0. The van der Waals surface area contributed by atoms with Gasteiger partial charge in [-0.3, -0.25) is 4.98 Å². The number of rotatable bonds is 6. The Kier molecular flexibility index (Phi) is 5.43. The van der Waals surface area contributed by atoms with E-state index in [4.69, 9.17) is 0 Å². The third-order valence-electron chi connectivity index (χ3n) is 2.82. The standard InChI is InChI=1S/C13H21NO2/c1-3-6-12(15)13(16)9-10(2)11-7-4-5-8-14-11/h4-5,7-8,10,12-13,15-16H,3,6,9H2,1-2H3. The van der Waals surface area contributed by atoms with Crippen molar-refractivity contribution in [3.8, 4) is 0 Å². The lowest BCUT2D eigenvalue weighted by Gasteiger charge is -2.20. The van der Waals surface area contributed by atoms with E-state index >= 15 is 0 Å². The summed E-state index contributed by atoms with van der Waals surface area (Å²) in [4.78, 5) is 4.24. The van der Waals surface area contributed by atoms with Crippen LogP contribution < -0.4 is 0 Å². The van der Waals surface area contributed by atoms with Crippen molar-refractivity contribution in [1.29, 1.82) is 0 Å². The van der Waals surface area contributed by atoms with Crippen molar-refractivity contribution < 1.29 is 10.2 Å². The number of pyridine rings is 1. The van der Waals surface area contributed by atoms with Gasteiger partial charge in [0.1, 0.15) is 0 Å². The molecule has 0 aromatic carbocycles. The molecule has 0 bridgehead atoms. The molecule has 0 amide bonds.